The molecular weight excluding hydrogens is 400 g/mol. The van der Waals surface area contributed by atoms with E-state index in [1.807, 2.05) is 16.7 Å². The van der Waals surface area contributed by atoms with Gasteiger partial charge in [-0.25, -0.2) is 18.1 Å². The summed E-state index contributed by atoms with van der Waals surface area (Å²) >= 11 is 5.93. The predicted octanol–water partition coefficient (Wildman–Crippen LogP) is 2.87. The molecule has 3 aromatic heterocycles. The molecule has 144 valence electrons. The van der Waals surface area contributed by atoms with Gasteiger partial charge in [-0.2, -0.15) is 0 Å². The maximum absolute atomic E-state index is 12.7. The standard InChI is InChI=1S/C18H17ClN6O2S/c19-12-2-1-3-14(9-12)28(26,27)24-13-5-4-11(8-13)18-23-22-16-10-21-17-15(25(16)18)6-7-20-17/h1-3,6-7,9-11,13,20,24H,4-5,8H2/t11-,13+/m1/s1. The average molecular weight is 417 g/mol. The molecule has 1 saturated carbocycles. The Kier molecular flexibility index (Phi) is 4.11. The highest BCUT2D eigenvalue weighted by Gasteiger charge is 2.32. The Bertz CT molecular complexity index is 1280. The van der Waals surface area contributed by atoms with Gasteiger partial charge in [-0.05, 0) is 43.5 Å². The molecule has 1 fully saturated rings. The molecule has 2 N–H and O–H groups in total. The van der Waals surface area contributed by atoms with Crippen LogP contribution in [0, 0.1) is 0 Å². The molecule has 0 bridgehead atoms. The minimum atomic E-state index is -3.62. The number of aromatic nitrogens is 5. The van der Waals surface area contributed by atoms with Crippen LogP contribution in [0.15, 0.2) is 47.6 Å². The summed E-state index contributed by atoms with van der Waals surface area (Å²) in [6.45, 7) is 0. The molecule has 10 heteroatoms. The normalized spacial score (nSPS) is 20.3. The lowest BCUT2D eigenvalue weighted by Gasteiger charge is -2.14. The number of fused-ring (bicyclic) bond motifs is 3. The van der Waals surface area contributed by atoms with E-state index in [0.717, 1.165) is 29.8 Å². The molecule has 0 saturated heterocycles. The van der Waals surface area contributed by atoms with Crippen LogP contribution in [0.2, 0.25) is 5.02 Å². The van der Waals surface area contributed by atoms with Gasteiger partial charge in [0.2, 0.25) is 10.0 Å². The van der Waals surface area contributed by atoms with Crippen LogP contribution in [0.3, 0.4) is 0 Å². The summed E-state index contributed by atoms with van der Waals surface area (Å²) in [4.78, 5) is 7.60. The monoisotopic (exact) mass is 416 g/mol. The van der Waals surface area contributed by atoms with Gasteiger partial charge in [-0.15, -0.1) is 10.2 Å². The Labute approximate surface area is 166 Å². The summed E-state index contributed by atoms with van der Waals surface area (Å²) in [5, 5.41) is 9.00. The van der Waals surface area contributed by atoms with Crippen molar-refractivity contribution in [1.29, 1.82) is 0 Å². The summed E-state index contributed by atoms with van der Waals surface area (Å²) in [7, 11) is -3.62. The number of benzene rings is 1. The third-order valence-electron chi connectivity index (χ3n) is 5.19. The van der Waals surface area contributed by atoms with Crippen LogP contribution in [0.4, 0.5) is 0 Å². The number of aromatic amines is 1. The van der Waals surface area contributed by atoms with Crippen LogP contribution in [-0.2, 0) is 10.0 Å². The van der Waals surface area contributed by atoms with Crippen LogP contribution in [0.25, 0.3) is 16.8 Å². The largest absolute Gasteiger partial charge is 0.345 e. The number of rotatable bonds is 4. The molecule has 2 atom stereocenters. The van der Waals surface area contributed by atoms with E-state index in [1.165, 1.54) is 6.07 Å². The Morgan fingerprint density at radius 1 is 1.21 bits per heavy atom. The quantitative estimate of drug-likeness (QED) is 0.532. The van der Waals surface area contributed by atoms with Crippen molar-refractivity contribution in [1.82, 2.24) is 29.3 Å². The van der Waals surface area contributed by atoms with Crippen molar-refractivity contribution in [2.75, 3.05) is 0 Å². The first-order valence-corrected chi connectivity index (χ1v) is 10.8. The number of nitrogens with one attached hydrogen (secondary N) is 2. The molecule has 0 amide bonds. The first-order valence-electron chi connectivity index (χ1n) is 8.96. The molecule has 0 unspecified atom stereocenters. The van der Waals surface area contributed by atoms with Crippen molar-refractivity contribution in [2.45, 2.75) is 36.1 Å². The van der Waals surface area contributed by atoms with E-state index in [9.17, 15) is 8.42 Å². The minimum Gasteiger partial charge on any atom is -0.345 e. The molecule has 0 spiro atoms. The summed E-state index contributed by atoms with van der Waals surface area (Å²) < 4.78 is 30.1. The Morgan fingerprint density at radius 3 is 2.96 bits per heavy atom. The second kappa shape index (κ2) is 6.54. The van der Waals surface area contributed by atoms with Gasteiger partial charge in [-0.1, -0.05) is 17.7 Å². The van der Waals surface area contributed by atoms with Crippen molar-refractivity contribution in [3.05, 3.63) is 53.6 Å². The molecule has 1 aliphatic rings. The number of halogens is 1. The smallest absolute Gasteiger partial charge is 0.240 e. The SMILES string of the molecule is O=S(=O)(N[C@H]1CC[C@@H](c2nnc3cnc4[nH]ccc4n23)C1)c1cccc(Cl)c1. The molecule has 3 heterocycles. The Hall–Kier alpha value is -2.49. The fourth-order valence-electron chi connectivity index (χ4n) is 3.91. The van der Waals surface area contributed by atoms with Gasteiger partial charge >= 0.3 is 0 Å². The zero-order valence-corrected chi connectivity index (χ0v) is 16.3. The number of H-pyrrole nitrogens is 1. The predicted molar refractivity (Wildman–Crippen MR) is 105 cm³/mol. The van der Waals surface area contributed by atoms with E-state index < -0.39 is 10.0 Å². The second-order valence-electron chi connectivity index (χ2n) is 7.01. The second-order valence-corrected chi connectivity index (χ2v) is 9.16. The van der Waals surface area contributed by atoms with E-state index in [1.54, 1.807) is 24.4 Å². The Morgan fingerprint density at radius 2 is 2.11 bits per heavy atom. The molecule has 5 rings (SSSR count). The van der Waals surface area contributed by atoms with Gasteiger partial charge in [-0.3, -0.25) is 4.40 Å². The highest BCUT2D eigenvalue weighted by atomic mass is 35.5. The molecule has 1 aromatic carbocycles. The number of nitrogens with zero attached hydrogens (tertiary/aromatic N) is 4. The van der Waals surface area contributed by atoms with Crippen molar-refractivity contribution in [3.8, 4) is 0 Å². The van der Waals surface area contributed by atoms with Gasteiger partial charge in [0.15, 0.2) is 11.3 Å². The van der Waals surface area contributed by atoms with Crippen LogP contribution in [0.5, 0.6) is 0 Å². The van der Waals surface area contributed by atoms with Gasteiger partial charge in [0, 0.05) is 23.2 Å². The zero-order valence-electron chi connectivity index (χ0n) is 14.7. The van der Waals surface area contributed by atoms with E-state index in [0.29, 0.717) is 17.1 Å². The minimum absolute atomic E-state index is 0.113. The van der Waals surface area contributed by atoms with E-state index >= 15 is 0 Å². The summed E-state index contributed by atoms with van der Waals surface area (Å²) in [5.74, 6) is 0.953. The molecule has 0 radical (unpaired) electrons. The Balaban J connectivity index is 1.41. The number of hydrogen-bond donors (Lipinski definition) is 2. The lowest BCUT2D eigenvalue weighted by atomic mass is 10.1. The fraction of sp³-hybridized carbons (Fsp3) is 0.278. The fourth-order valence-corrected chi connectivity index (χ4v) is 5.49. The van der Waals surface area contributed by atoms with Gasteiger partial charge in [0.05, 0.1) is 16.6 Å². The van der Waals surface area contributed by atoms with Crippen LogP contribution in [0.1, 0.15) is 31.0 Å². The third kappa shape index (κ3) is 2.95. The van der Waals surface area contributed by atoms with E-state index in [4.69, 9.17) is 11.6 Å². The van der Waals surface area contributed by atoms with Crippen LogP contribution < -0.4 is 4.72 Å². The van der Waals surface area contributed by atoms with Crippen molar-refractivity contribution in [2.24, 2.45) is 0 Å². The van der Waals surface area contributed by atoms with Crippen LogP contribution >= 0.6 is 11.6 Å². The lowest BCUT2D eigenvalue weighted by Crippen LogP contribution is -2.33. The molecular formula is C18H17ClN6O2S. The van der Waals surface area contributed by atoms with Gasteiger partial charge in [0.25, 0.3) is 0 Å². The molecule has 4 aromatic rings. The maximum atomic E-state index is 12.7. The van der Waals surface area contributed by atoms with Crippen molar-refractivity contribution >= 4 is 38.4 Å². The van der Waals surface area contributed by atoms with Crippen molar-refractivity contribution < 1.29 is 8.42 Å². The van der Waals surface area contributed by atoms with Crippen LogP contribution in [-0.4, -0.2) is 39.0 Å². The molecule has 1 aliphatic carbocycles. The molecule has 0 aliphatic heterocycles. The van der Waals surface area contributed by atoms with Gasteiger partial charge < -0.3 is 4.98 Å². The van der Waals surface area contributed by atoms with E-state index in [2.05, 4.69) is 24.9 Å². The first kappa shape index (κ1) is 17.6. The number of sulfonamides is 1. The first-order chi connectivity index (χ1) is 13.5. The highest BCUT2D eigenvalue weighted by molar-refractivity contribution is 7.89. The summed E-state index contributed by atoms with van der Waals surface area (Å²) in [5.41, 5.74) is 2.37. The molecule has 8 nitrogen and oxygen atoms in total. The average Bonchev–Trinajstić information content (AvgIpc) is 3.39. The van der Waals surface area contributed by atoms with E-state index in [-0.39, 0.29) is 16.9 Å². The third-order valence-corrected chi connectivity index (χ3v) is 6.95. The summed E-state index contributed by atoms with van der Waals surface area (Å²) in [6.07, 6.45) is 5.74. The maximum Gasteiger partial charge on any atom is 0.240 e. The van der Waals surface area contributed by atoms with Crippen molar-refractivity contribution in [3.63, 3.8) is 0 Å². The lowest BCUT2D eigenvalue weighted by molar-refractivity contribution is 0.546. The van der Waals surface area contributed by atoms with Gasteiger partial charge in [0.1, 0.15) is 5.82 Å². The highest BCUT2D eigenvalue weighted by Crippen LogP contribution is 2.35. The number of hydrogen-bond acceptors (Lipinski definition) is 5. The molecule has 28 heavy (non-hydrogen) atoms. The summed E-state index contributed by atoms with van der Waals surface area (Å²) in [6, 6.07) is 8.06. The topological polar surface area (TPSA) is 105 Å². The zero-order chi connectivity index (χ0) is 19.3.